The van der Waals surface area contributed by atoms with Gasteiger partial charge in [-0.2, -0.15) is 0 Å². The first kappa shape index (κ1) is 20.5. The first-order valence-corrected chi connectivity index (χ1v) is 10.3. The molecule has 2 aromatic carbocycles. The standard InChI is InChI=1S/C22H25ClN4O3/c1-3-27-19-9-8-17(29-2)10-14(19)11-20(27)18-12-21(26-25-18)24-22(28)13-30-16-6-4-15(23)5-7-16/h4-11,18,21,25-26H,3,12-13H2,1-2H3,(H,24,28). The monoisotopic (exact) mass is 428 g/mol. The number of hydrazine groups is 1. The van der Waals surface area contributed by atoms with E-state index in [1.54, 1.807) is 31.4 Å². The van der Waals surface area contributed by atoms with Gasteiger partial charge in [-0.15, -0.1) is 0 Å². The zero-order chi connectivity index (χ0) is 21.1. The molecule has 3 aromatic rings. The lowest BCUT2D eigenvalue weighted by Gasteiger charge is -2.14. The van der Waals surface area contributed by atoms with Crippen LogP contribution in [0.1, 0.15) is 25.1 Å². The Bertz CT molecular complexity index is 1030. The molecule has 1 aliphatic rings. The summed E-state index contributed by atoms with van der Waals surface area (Å²) in [6.45, 7) is 2.93. The van der Waals surface area contributed by atoms with E-state index in [0.29, 0.717) is 10.8 Å². The fourth-order valence-corrected chi connectivity index (χ4v) is 3.93. The fraction of sp³-hybridized carbons (Fsp3) is 0.318. The van der Waals surface area contributed by atoms with Crippen molar-refractivity contribution < 1.29 is 14.3 Å². The van der Waals surface area contributed by atoms with Gasteiger partial charge in [-0.25, -0.2) is 10.9 Å². The third-order valence-corrected chi connectivity index (χ3v) is 5.49. The van der Waals surface area contributed by atoms with Crippen molar-refractivity contribution in [3.8, 4) is 11.5 Å². The second-order valence-electron chi connectivity index (χ2n) is 7.18. The number of benzene rings is 2. The van der Waals surface area contributed by atoms with Gasteiger partial charge < -0.3 is 19.4 Å². The Kier molecular flexibility index (Phi) is 6.13. The van der Waals surface area contributed by atoms with Gasteiger partial charge >= 0.3 is 0 Å². The average Bonchev–Trinajstić information content (AvgIpc) is 3.36. The molecule has 4 rings (SSSR count). The first-order chi connectivity index (χ1) is 14.6. The lowest BCUT2D eigenvalue weighted by Crippen LogP contribution is -2.45. The number of hydrogen-bond donors (Lipinski definition) is 3. The molecular formula is C22H25ClN4O3. The molecule has 0 radical (unpaired) electrons. The van der Waals surface area contributed by atoms with E-state index >= 15 is 0 Å². The predicted molar refractivity (Wildman–Crippen MR) is 117 cm³/mol. The number of fused-ring (bicyclic) bond motifs is 1. The van der Waals surface area contributed by atoms with Gasteiger partial charge in [-0.05, 0) is 55.5 Å². The molecule has 2 heterocycles. The summed E-state index contributed by atoms with van der Waals surface area (Å²) in [7, 11) is 1.67. The molecule has 1 aliphatic heterocycles. The fourth-order valence-electron chi connectivity index (χ4n) is 3.80. The van der Waals surface area contributed by atoms with Crippen LogP contribution in [0, 0.1) is 0 Å². The van der Waals surface area contributed by atoms with E-state index in [2.05, 4.69) is 39.8 Å². The number of carbonyl (C=O) groups excluding carboxylic acids is 1. The lowest BCUT2D eigenvalue weighted by atomic mass is 10.1. The molecule has 0 spiro atoms. The van der Waals surface area contributed by atoms with Crippen molar-refractivity contribution >= 4 is 28.4 Å². The van der Waals surface area contributed by atoms with Gasteiger partial charge in [-0.1, -0.05) is 11.6 Å². The number of halogens is 1. The Morgan fingerprint density at radius 1 is 1.17 bits per heavy atom. The van der Waals surface area contributed by atoms with Crippen molar-refractivity contribution in [3.63, 3.8) is 0 Å². The van der Waals surface area contributed by atoms with Gasteiger partial charge in [0.05, 0.1) is 19.3 Å². The van der Waals surface area contributed by atoms with Gasteiger partial charge in [-0.3, -0.25) is 4.79 Å². The molecule has 3 N–H and O–H groups in total. The second-order valence-corrected chi connectivity index (χ2v) is 7.61. The number of carbonyl (C=O) groups is 1. The normalized spacial score (nSPS) is 18.5. The molecule has 2 unspecified atom stereocenters. The highest BCUT2D eigenvalue weighted by Gasteiger charge is 2.28. The molecule has 0 bridgehead atoms. The summed E-state index contributed by atoms with van der Waals surface area (Å²) in [4.78, 5) is 12.3. The van der Waals surface area contributed by atoms with Crippen molar-refractivity contribution in [2.24, 2.45) is 0 Å². The summed E-state index contributed by atoms with van der Waals surface area (Å²) < 4.78 is 13.1. The molecule has 158 valence electrons. The minimum absolute atomic E-state index is 0.0561. The molecule has 0 saturated carbocycles. The van der Waals surface area contributed by atoms with Crippen LogP contribution in [0.5, 0.6) is 11.5 Å². The van der Waals surface area contributed by atoms with Crippen LogP contribution in [0.2, 0.25) is 5.02 Å². The van der Waals surface area contributed by atoms with Crippen LogP contribution in [0.4, 0.5) is 0 Å². The molecule has 1 aromatic heterocycles. The van der Waals surface area contributed by atoms with Gasteiger partial charge in [0.25, 0.3) is 5.91 Å². The van der Waals surface area contributed by atoms with Crippen LogP contribution in [0.25, 0.3) is 10.9 Å². The number of nitrogens with one attached hydrogen (secondary N) is 3. The van der Waals surface area contributed by atoms with Crippen LogP contribution in [-0.4, -0.2) is 30.4 Å². The van der Waals surface area contributed by atoms with Crippen molar-refractivity contribution in [1.82, 2.24) is 20.7 Å². The van der Waals surface area contributed by atoms with Crippen LogP contribution in [-0.2, 0) is 11.3 Å². The van der Waals surface area contributed by atoms with E-state index in [4.69, 9.17) is 21.1 Å². The summed E-state index contributed by atoms with van der Waals surface area (Å²) in [5, 5.41) is 4.72. The molecule has 1 saturated heterocycles. The van der Waals surface area contributed by atoms with Gasteiger partial charge in [0.1, 0.15) is 11.5 Å². The van der Waals surface area contributed by atoms with Crippen LogP contribution >= 0.6 is 11.6 Å². The highest BCUT2D eigenvalue weighted by Crippen LogP contribution is 2.30. The largest absolute Gasteiger partial charge is 0.497 e. The van der Waals surface area contributed by atoms with E-state index in [-0.39, 0.29) is 24.7 Å². The number of ether oxygens (including phenoxy) is 2. The predicted octanol–water partition coefficient (Wildman–Crippen LogP) is 3.38. The van der Waals surface area contributed by atoms with Gasteiger partial charge in [0.15, 0.2) is 6.61 Å². The molecule has 7 nitrogen and oxygen atoms in total. The maximum atomic E-state index is 12.3. The quantitative estimate of drug-likeness (QED) is 0.537. The number of methoxy groups -OCH3 is 1. The van der Waals surface area contributed by atoms with Crippen molar-refractivity contribution in [3.05, 3.63) is 59.2 Å². The molecule has 1 amide bonds. The van der Waals surface area contributed by atoms with E-state index in [0.717, 1.165) is 24.1 Å². The summed E-state index contributed by atoms with van der Waals surface area (Å²) in [5.41, 5.74) is 8.80. The Balaban J connectivity index is 1.38. The summed E-state index contributed by atoms with van der Waals surface area (Å²) >= 11 is 5.86. The number of amides is 1. The molecule has 1 fully saturated rings. The molecular weight excluding hydrogens is 404 g/mol. The number of hydrogen-bond acceptors (Lipinski definition) is 5. The van der Waals surface area contributed by atoms with Gasteiger partial charge in [0, 0.05) is 34.6 Å². The smallest absolute Gasteiger partial charge is 0.259 e. The maximum absolute atomic E-state index is 12.3. The Morgan fingerprint density at radius 3 is 2.67 bits per heavy atom. The first-order valence-electron chi connectivity index (χ1n) is 9.93. The van der Waals surface area contributed by atoms with Crippen molar-refractivity contribution in [2.75, 3.05) is 13.7 Å². The minimum atomic E-state index is -0.189. The highest BCUT2D eigenvalue weighted by molar-refractivity contribution is 6.30. The topological polar surface area (TPSA) is 76.6 Å². The van der Waals surface area contributed by atoms with E-state index in [9.17, 15) is 4.79 Å². The molecule has 30 heavy (non-hydrogen) atoms. The third-order valence-electron chi connectivity index (χ3n) is 5.24. The molecule has 0 aliphatic carbocycles. The van der Waals surface area contributed by atoms with Crippen molar-refractivity contribution in [2.45, 2.75) is 32.1 Å². The minimum Gasteiger partial charge on any atom is -0.497 e. The zero-order valence-corrected chi connectivity index (χ0v) is 17.7. The van der Waals surface area contributed by atoms with Gasteiger partial charge in [0.2, 0.25) is 0 Å². The van der Waals surface area contributed by atoms with E-state index in [1.807, 2.05) is 12.1 Å². The second kappa shape index (κ2) is 8.95. The lowest BCUT2D eigenvalue weighted by molar-refractivity contribution is -0.123. The number of rotatable bonds is 7. The molecule has 2 atom stereocenters. The Morgan fingerprint density at radius 2 is 1.93 bits per heavy atom. The summed E-state index contributed by atoms with van der Waals surface area (Å²) in [6.07, 6.45) is 0.536. The highest BCUT2D eigenvalue weighted by atomic mass is 35.5. The summed E-state index contributed by atoms with van der Waals surface area (Å²) in [6, 6.07) is 15.3. The number of nitrogens with zero attached hydrogens (tertiary/aromatic N) is 1. The Hall–Kier alpha value is -2.74. The van der Waals surface area contributed by atoms with E-state index < -0.39 is 0 Å². The SMILES string of the molecule is CCn1c(C2CC(NC(=O)COc3ccc(Cl)cc3)NN2)cc2cc(OC)ccc21. The van der Waals surface area contributed by atoms with Crippen LogP contribution < -0.4 is 25.6 Å². The van der Waals surface area contributed by atoms with Crippen molar-refractivity contribution in [1.29, 1.82) is 0 Å². The van der Waals surface area contributed by atoms with E-state index in [1.165, 1.54) is 11.2 Å². The van der Waals surface area contributed by atoms with Crippen LogP contribution in [0.3, 0.4) is 0 Å². The summed E-state index contributed by atoms with van der Waals surface area (Å²) in [5.74, 6) is 1.25. The average molecular weight is 429 g/mol. The maximum Gasteiger partial charge on any atom is 0.259 e. The van der Waals surface area contributed by atoms with Crippen LogP contribution in [0.15, 0.2) is 48.5 Å². The Labute approximate surface area is 180 Å². The number of aryl methyl sites for hydroxylation is 1. The number of aromatic nitrogens is 1. The zero-order valence-electron chi connectivity index (χ0n) is 16.9. The third kappa shape index (κ3) is 4.38. The molecule has 8 heteroatoms.